The van der Waals surface area contributed by atoms with Gasteiger partial charge in [-0.05, 0) is 69.9 Å². The molecule has 1 rings (SSSR count). The monoisotopic (exact) mass is 633 g/mol. The van der Waals surface area contributed by atoms with Gasteiger partial charge in [-0.3, -0.25) is 9.59 Å². The number of carbonyl (C=O) groups is 4. The molecule has 0 aromatic rings. The number of urea groups is 1. The van der Waals surface area contributed by atoms with Crippen LogP contribution in [-0.4, -0.2) is 74.7 Å². The number of nitrogens with one attached hydrogen (secondary N) is 4. The lowest BCUT2D eigenvalue weighted by atomic mass is 9.80. The highest BCUT2D eigenvalue weighted by molar-refractivity contribution is 5.81. The molecular weight excluding hydrogens is 574 g/mol. The number of hydrogen-bond acceptors (Lipinski definition) is 8. The summed E-state index contributed by atoms with van der Waals surface area (Å²) in [4.78, 5) is 50.3. The Balaban J connectivity index is 3.27. The van der Waals surface area contributed by atoms with Gasteiger partial charge in [0.1, 0.15) is 11.9 Å². The topological polar surface area (TPSA) is 161 Å². The minimum atomic E-state index is -0.627. The zero-order valence-electron chi connectivity index (χ0n) is 28.6. The maximum atomic E-state index is 12.9. The molecule has 0 radical (unpaired) electrons. The van der Waals surface area contributed by atoms with Gasteiger partial charge in [0.05, 0.1) is 12.1 Å². The average molecular weight is 634 g/mol. The summed E-state index contributed by atoms with van der Waals surface area (Å²) in [5, 5.41) is 12.2. The molecule has 11 heteroatoms. The third kappa shape index (κ3) is 14.3. The maximum Gasteiger partial charge on any atom is 0.319 e. The molecule has 0 aromatic carbocycles. The SMILES string of the molecule is C=C(/C=C\C)NC(=O)NC1CC(C(OC(C)=O)C(NCCCNC(=O)[C@@H](N)CC(C)C)C(=C)CCC)[C@@H](COC)[C@H]1CC(C)=O. The highest BCUT2D eigenvalue weighted by atomic mass is 16.5. The lowest BCUT2D eigenvalue weighted by Gasteiger charge is -2.36. The lowest BCUT2D eigenvalue weighted by Crippen LogP contribution is -2.49. The second-order valence-corrected chi connectivity index (χ2v) is 12.6. The molecule has 0 aliphatic heterocycles. The summed E-state index contributed by atoms with van der Waals surface area (Å²) in [6, 6.07) is -1.73. The van der Waals surface area contributed by atoms with Crippen LogP contribution in [-0.2, 0) is 23.9 Å². The van der Waals surface area contributed by atoms with Crippen molar-refractivity contribution in [3.8, 4) is 0 Å². The molecule has 1 saturated carbocycles. The Morgan fingerprint density at radius 3 is 2.33 bits per heavy atom. The molecule has 0 spiro atoms. The fourth-order valence-electron chi connectivity index (χ4n) is 6.33. The Hall–Kier alpha value is -3.02. The quantitative estimate of drug-likeness (QED) is 0.0553. The van der Waals surface area contributed by atoms with Crippen molar-refractivity contribution in [1.29, 1.82) is 0 Å². The van der Waals surface area contributed by atoms with Crippen LogP contribution in [0.2, 0.25) is 0 Å². The Morgan fingerprint density at radius 1 is 1.09 bits per heavy atom. The first-order chi connectivity index (χ1) is 21.2. The second-order valence-electron chi connectivity index (χ2n) is 12.6. The van der Waals surface area contributed by atoms with Crippen molar-refractivity contribution in [3.05, 3.63) is 36.6 Å². The van der Waals surface area contributed by atoms with Crippen molar-refractivity contribution >= 4 is 23.7 Å². The van der Waals surface area contributed by atoms with Crippen LogP contribution in [0.15, 0.2) is 36.6 Å². The van der Waals surface area contributed by atoms with Gasteiger partial charge in [-0.2, -0.15) is 0 Å². The first kappa shape index (κ1) is 40.0. The van der Waals surface area contributed by atoms with Crippen LogP contribution < -0.4 is 27.0 Å². The van der Waals surface area contributed by atoms with Gasteiger partial charge in [-0.25, -0.2) is 4.79 Å². The number of allylic oxidation sites excluding steroid dienone is 2. The van der Waals surface area contributed by atoms with Gasteiger partial charge < -0.3 is 41.3 Å². The summed E-state index contributed by atoms with van der Waals surface area (Å²) in [5.74, 6) is -0.956. The van der Waals surface area contributed by atoms with Gasteiger partial charge in [0.2, 0.25) is 5.91 Å². The van der Waals surface area contributed by atoms with Crippen LogP contribution in [0.3, 0.4) is 0 Å². The summed E-state index contributed by atoms with van der Waals surface area (Å²) in [6.07, 6.45) is 6.36. The van der Waals surface area contributed by atoms with Crippen LogP contribution in [0.25, 0.3) is 0 Å². The minimum absolute atomic E-state index is 0.00319. The van der Waals surface area contributed by atoms with E-state index >= 15 is 0 Å². The van der Waals surface area contributed by atoms with Crippen LogP contribution in [0.4, 0.5) is 4.79 Å². The van der Waals surface area contributed by atoms with Crippen molar-refractivity contribution in [2.24, 2.45) is 29.4 Å². The lowest BCUT2D eigenvalue weighted by molar-refractivity contribution is -0.152. The predicted octanol–water partition coefficient (Wildman–Crippen LogP) is 3.75. The highest BCUT2D eigenvalue weighted by Gasteiger charge is 2.50. The molecule has 0 heterocycles. The van der Waals surface area contributed by atoms with Crippen LogP contribution in [0.1, 0.15) is 80.1 Å². The molecule has 11 nitrogen and oxygen atoms in total. The van der Waals surface area contributed by atoms with E-state index in [-0.39, 0.29) is 41.9 Å². The predicted molar refractivity (Wildman–Crippen MR) is 178 cm³/mol. The number of nitrogens with two attached hydrogens (primary N) is 1. The van der Waals surface area contributed by atoms with E-state index in [2.05, 4.69) is 41.3 Å². The summed E-state index contributed by atoms with van der Waals surface area (Å²) < 4.78 is 11.7. The molecule has 0 aromatic heterocycles. The maximum absolute atomic E-state index is 12.9. The van der Waals surface area contributed by atoms with Gasteiger partial charge in [0, 0.05) is 51.3 Å². The van der Waals surface area contributed by atoms with Gasteiger partial charge in [-0.1, -0.05) is 52.0 Å². The molecule has 0 bridgehead atoms. The Labute approximate surface area is 270 Å². The molecule has 7 atom stereocenters. The Morgan fingerprint density at radius 2 is 1.78 bits per heavy atom. The van der Waals surface area contributed by atoms with Crippen LogP contribution in [0.5, 0.6) is 0 Å². The van der Waals surface area contributed by atoms with E-state index in [0.717, 1.165) is 12.0 Å². The minimum Gasteiger partial charge on any atom is -0.460 e. The van der Waals surface area contributed by atoms with Crippen molar-refractivity contribution in [1.82, 2.24) is 21.3 Å². The van der Waals surface area contributed by atoms with Crippen molar-refractivity contribution in [3.63, 3.8) is 0 Å². The molecule has 0 saturated heterocycles. The van der Waals surface area contributed by atoms with E-state index in [9.17, 15) is 19.2 Å². The number of esters is 1. The molecule has 6 N–H and O–H groups in total. The highest BCUT2D eigenvalue weighted by Crippen LogP contribution is 2.44. The number of ketones is 1. The Bertz CT molecular complexity index is 1030. The summed E-state index contributed by atoms with van der Waals surface area (Å²) in [7, 11) is 1.60. The number of ether oxygens (including phenoxy) is 2. The fourth-order valence-corrected chi connectivity index (χ4v) is 6.33. The molecule has 256 valence electrons. The molecule has 1 aliphatic carbocycles. The van der Waals surface area contributed by atoms with Crippen LogP contribution >= 0.6 is 0 Å². The van der Waals surface area contributed by atoms with Gasteiger partial charge >= 0.3 is 12.0 Å². The summed E-state index contributed by atoms with van der Waals surface area (Å²) in [5.41, 5.74) is 7.34. The molecule has 45 heavy (non-hydrogen) atoms. The summed E-state index contributed by atoms with van der Waals surface area (Å²) >= 11 is 0. The van der Waals surface area contributed by atoms with Crippen molar-refractivity contribution in [2.75, 3.05) is 26.8 Å². The second kappa shape index (κ2) is 20.9. The molecular formula is C34H59N5O6. The smallest absolute Gasteiger partial charge is 0.319 e. The van der Waals surface area contributed by atoms with Gasteiger partial charge in [0.15, 0.2) is 0 Å². The number of methoxy groups -OCH3 is 1. The molecule has 4 unspecified atom stereocenters. The standard InChI is InChI=1S/C34H59N5O6/c1-10-13-22(5)31(36-15-12-16-37-33(42)29(35)17-21(3)4)32(45-25(8)41)27-19-30(39-34(43)38-23(6)14-11-2)26(18-24(7)40)28(27)20-44-9/h11,14,21,26-32,36H,5-6,10,12-13,15-20,35H2,1-4,7-9H3,(H,37,42)(H2,38,39,43)/b14-11-/t26-,27?,28+,29+,30?,31?,32?/m1/s1. The normalized spacial score (nSPS) is 21.6. The zero-order chi connectivity index (χ0) is 34.1. The number of hydrogen-bond donors (Lipinski definition) is 5. The van der Waals surface area contributed by atoms with Gasteiger partial charge in [-0.15, -0.1) is 0 Å². The van der Waals surface area contributed by atoms with E-state index in [1.165, 1.54) is 13.8 Å². The molecule has 1 fully saturated rings. The first-order valence-corrected chi connectivity index (χ1v) is 16.2. The van der Waals surface area contributed by atoms with E-state index in [1.54, 1.807) is 19.3 Å². The number of rotatable bonds is 21. The van der Waals surface area contributed by atoms with E-state index in [4.69, 9.17) is 15.2 Å². The first-order valence-electron chi connectivity index (χ1n) is 16.2. The number of Topliss-reactive ketones (excluding diaryl/α,β-unsaturated/α-hetero) is 1. The van der Waals surface area contributed by atoms with Crippen LogP contribution in [0, 0.1) is 23.7 Å². The average Bonchev–Trinajstić information content (AvgIpc) is 3.24. The van der Waals surface area contributed by atoms with Crippen molar-refractivity contribution in [2.45, 2.75) is 104 Å². The van der Waals surface area contributed by atoms with E-state index in [1.807, 2.05) is 20.8 Å². The molecule has 1 aliphatic rings. The zero-order valence-corrected chi connectivity index (χ0v) is 28.6. The van der Waals surface area contributed by atoms with Gasteiger partial charge in [0.25, 0.3) is 0 Å². The third-order valence-corrected chi connectivity index (χ3v) is 8.13. The largest absolute Gasteiger partial charge is 0.460 e. The fraction of sp³-hybridized carbons (Fsp3) is 0.706. The summed E-state index contributed by atoms with van der Waals surface area (Å²) in [6.45, 7) is 20.3. The van der Waals surface area contributed by atoms with E-state index < -0.39 is 30.2 Å². The number of carbonyl (C=O) groups excluding carboxylic acids is 4. The van der Waals surface area contributed by atoms with Crippen molar-refractivity contribution < 1.29 is 28.7 Å². The molecule has 3 amide bonds. The third-order valence-electron chi connectivity index (χ3n) is 8.13. The number of amides is 3. The van der Waals surface area contributed by atoms with E-state index in [0.29, 0.717) is 57.0 Å². The Kier molecular flexibility index (Phi) is 18.6.